The molecular formula is C29H51N6O7P. The van der Waals surface area contributed by atoms with Gasteiger partial charge in [-0.05, 0) is 68.1 Å². The average Bonchev–Trinajstić information content (AvgIpc) is 3.25. The standard InChI is InChI=1S/C29H51N6O7P/c1-10-24-25(42-43(40-17-11-13-30)35(20(2)3)21(4)5)26(28(41-24)34-19-22(6)27(37)31-29(34)38)39-18-16-33(23(7)36)15-12-14-32(8)9/h19-21,24-26,28H,10-12,14-18H2,1-9H3,(H,31,37,38)/t24-,25-,26-,28-,43?/m1/s1. The zero-order chi connectivity index (χ0) is 32.3. The lowest BCUT2D eigenvalue weighted by atomic mass is 10.1. The van der Waals surface area contributed by atoms with Gasteiger partial charge in [-0.15, -0.1) is 0 Å². The second kappa shape index (κ2) is 18.0. The summed E-state index contributed by atoms with van der Waals surface area (Å²) in [6, 6.07) is 2.29. The Morgan fingerprint density at radius 3 is 2.37 bits per heavy atom. The van der Waals surface area contributed by atoms with Crippen molar-refractivity contribution in [1.29, 1.82) is 5.26 Å². The molecule has 0 bridgehead atoms. The van der Waals surface area contributed by atoms with E-state index < -0.39 is 44.3 Å². The molecule has 1 aromatic rings. The largest absolute Gasteiger partial charge is 0.369 e. The number of amides is 1. The quantitative estimate of drug-likeness (QED) is 0.191. The van der Waals surface area contributed by atoms with Gasteiger partial charge in [-0.3, -0.25) is 19.1 Å². The van der Waals surface area contributed by atoms with Gasteiger partial charge in [-0.25, -0.2) is 9.46 Å². The summed E-state index contributed by atoms with van der Waals surface area (Å²) in [5, 5.41) is 9.13. The summed E-state index contributed by atoms with van der Waals surface area (Å²) in [7, 11) is 2.35. The first kappa shape index (κ1) is 37.0. The Balaban J connectivity index is 2.44. The lowest BCUT2D eigenvalue weighted by molar-refractivity contribution is -0.131. The van der Waals surface area contributed by atoms with Crippen LogP contribution in [0.15, 0.2) is 15.8 Å². The van der Waals surface area contributed by atoms with Gasteiger partial charge in [0.1, 0.15) is 12.2 Å². The number of aromatic nitrogens is 2. The summed E-state index contributed by atoms with van der Waals surface area (Å²) in [6.45, 7) is 15.5. The van der Waals surface area contributed by atoms with Crippen LogP contribution in [0.1, 0.15) is 72.6 Å². The third kappa shape index (κ3) is 10.7. The molecule has 2 heterocycles. The van der Waals surface area contributed by atoms with Crippen molar-refractivity contribution in [3.63, 3.8) is 0 Å². The first-order chi connectivity index (χ1) is 20.3. The van der Waals surface area contributed by atoms with Gasteiger partial charge in [0.25, 0.3) is 14.1 Å². The maximum atomic E-state index is 13.0. The molecule has 0 spiro atoms. The van der Waals surface area contributed by atoms with Crippen LogP contribution in [0.3, 0.4) is 0 Å². The molecule has 1 aliphatic heterocycles. The monoisotopic (exact) mass is 626 g/mol. The van der Waals surface area contributed by atoms with Gasteiger partial charge in [0.15, 0.2) is 6.23 Å². The average molecular weight is 627 g/mol. The molecular weight excluding hydrogens is 575 g/mol. The Labute approximate surface area is 257 Å². The molecule has 5 atom stereocenters. The number of aryl methyl sites for hydroxylation is 1. The van der Waals surface area contributed by atoms with E-state index in [0.29, 0.717) is 25.1 Å². The number of carbonyl (C=O) groups is 1. The SMILES string of the molecule is CC[C@H]1O[C@@H](n2cc(C)c(=O)[nH]c2=O)[C@H](OCCN(CCCN(C)C)C(C)=O)[C@@H]1OP(OCCC#N)N(C(C)C)C(C)C. The van der Waals surface area contributed by atoms with Crippen molar-refractivity contribution in [3.8, 4) is 6.07 Å². The molecule has 244 valence electrons. The van der Waals surface area contributed by atoms with Crippen molar-refractivity contribution in [2.45, 2.75) is 104 Å². The minimum atomic E-state index is -1.64. The van der Waals surface area contributed by atoms with E-state index in [2.05, 4.69) is 48.3 Å². The predicted octanol–water partition coefficient (Wildman–Crippen LogP) is 3.00. The highest BCUT2D eigenvalue weighted by atomic mass is 31.2. The first-order valence-corrected chi connectivity index (χ1v) is 16.2. The first-order valence-electron chi connectivity index (χ1n) is 15.1. The minimum Gasteiger partial charge on any atom is -0.369 e. The fourth-order valence-corrected chi connectivity index (χ4v) is 6.81. The van der Waals surface area contributed by atoms with E-state index in [1.807, 2.05) is 21.0 Å². The molecule has 0 radical (unpaired) electrons. The zero-order valence-electron chi connectivity index (χ0n) is 27.2. The number of hydrogen-bond acceptors (Lipinski definition) is 10. The molecule has 13 nitrogen and oxygen atoms in total. The number of nitriles is 1. The van der Waals surface area contributed by atoms with Crippen LogP contribution < -0.4 is 11.2 Å². The van der Waals surface area contributed by atoms with E-state index in [4.69, 9.17) is 23.8 Å². The van der Waals surface area contributed by atoms with Crippen molar-refractivity contribution < 1.29 is 23.3 Å². The normalized spacial score (nSPS) is 21.2. The molecule has 2 rings (SSSR count). The number of hydrogen-bond donors (Lipinski definition) is 1. The molecule has 0 aromatic carbocycles. The molecule has 1 saturated heterocycles. The summed E-state index contributed by atoms with van der Waals surface area (Å²) >= 11 is 0. The van der Waals surface area contributed by atoms with Gasteiger partial charge in [0.2, 0.25) is 5.91 Å². The van der Waals surface area contributed by atoms with Gasteiger partial charge >= 0.3 is 5.69 Å². The van der Waals surface area contributed by atoms with Crippen molar-refractivity contribution in [2.24, 2.45) is 0 Å². The highest BCUT2D eigenvalue weighted by Gasteiger charge is 2.49. The molecule has 43 heavy (non-hydrogen) atoms. The molecule has 0 saturated carbocycles. The fraction of sp³-hybridized carbons (Fsp3) is 0.793. The van der Waals surface area contributed by atoms with Crippen LogP contribution >= 0.6 is 8.53 Å². The number of nitrogens with one attached hydrogen (secondary N) is 1. The molecule has 1 unspecified atom stereocenters. The summed E-state index contributed by atoms with van der Waals surface area (Å²) in [6.07, 6.45) is 0.337. The zero-order valence-corrected chi connectivity index (χ0v) is 28.1. The number of rotatable bonds is 18. The van der Waals surface area contributed by atoms with Gasteiger partial charge in [-0.2, -0.15) is 5.26 Å². The Morgan fingerprint density at radius 2 is 1.81 bits per heavy atom. The van der Waals surface area contributed by atoms with E-state index in [0.717, 1.165) is 13.0 Å². The van der Waals surface area contributed by atoms with Crippen LogP contribution in [-0.4, -0.2) is 107 Å². The Hall–Kier alpha value is -2.17. The number of carbonyl (C=O) groups excluding carboxylic acids is 1. The van der Waals surface area contributed by atoms with Gasteiger partial charge < -0.3 is 28.3 Å². The lowest BCUT2D eigenvalue weighted by Gasteiger charge is -2.38. The third-order valence-electron chi connectivity index (χ3n) is 7.13. The molecule has 1 aromatic heterocycles. The van der Waals surface area contributed by atoms with Crippen molar-refractivity contribution in [3.05, 3.63) is 32.6 Å². The van der Waals surface area contributed by atoms with Gasteiger partial charge in [0, 0.05) is 43.9 Å². The molecule has 0 aliphatic carbocycles. The van der Waals surface area contributed by atoms with E-state index in [1.54, 1.807) is 11.8 Å². The van der Waals surface area contributed by atoms with Crippen LogP contribution in [0, 0.1) is 18.3 Å². The third-order valence-corrected chi connectivity index (χ3v) is 9.26. The van der Waals surface area contributed by atoms with Gasteiger partial charge in [0.05, 0.1) is 31.8 Å². The molecule has 14 heteroatoms. The van der Waals surface area contributed by atoms with E-state index in [9.17, 15) is 14.4 Å². The van der Waals surface area contributed by atoms with Crippen LogP contribution in [0.25, 0.3) is 0 Å². The number of nitrogens with zero attached hydrogens (tertiary/aromatic N) is 5. The van der Waals surface area contributed by atoms with Crippen molar-refractivity contribution >= 4 is 14.4 Å². The molecule has 1 N–H and O–H groups in total. The Kier molecular flexibility index (Phi) is 15.5. The van der Waals surface area contributed by atoms with E-state index in [-0.39, 0.29) is 37.6 Å². The lowest BCUT2D eigenvalue weighted by Crippen LogP contribution is -2.43. The van der Waals surface area contributed by atoms with Crippen LogP contribution in [0.4, 0.5) is 0 Å². The predicted molar refractivity (Wildman–Crippen MR) is 166 cm³/mol. The Morgan fingerprint density at radius 1 is 1.14 bits per heavy atom. The highest BCUT2D eigenvalue weighted by Crippen LogP contribution is 2.50. The summed E-state index contributed by atoms with van der Waals surface area (Å²) in [4.78, 5) is 43.6. The molecule has 1 amide bonds. The van der Waals surface area contributed by atoms with Crippen LogP contribution in [0.5, 0.6) is 0 Å². The Bertz CT molecular complexity index is 1160. The summed E-state index contributed by atoms with van der Waals surface area (Å²) in [5.74, 6) is -0.0489. The molecule has 1 aliphatic rings. The summed E-state index contributed by atoms with van der Waals surface area (Å²) < 4.78 is 29.2. The minimum absolute atomic E-state index is 0.0489. The maximum absolute atomic E-state index is 13.0. The number of ether oxygens (including phenoxy) is 2. The second-order valence-corrected chi connectivity index (χ2v) is 13.0. The second-order valence-electron chi connectivity index (χ2n) is 11.6. The number of H-pyrrole nitrogens is 1. The van der Waals surface area contributed by atoms with E-state index >= 15 is 0 Å². The van der Waals surface area contributed by atoms with Crippen LogP contribution in [-0.2, 0) is 23.3 Å². The van der Waals surface area contributed by atoms with Crippen molar-refractivity contribution in [1.82, 2.24) is 24.0 Å². The number of aromatic amines is 1. The maximum Gasteiger partial charge on any atom is 0.330 e. The topological polar surface area (TPSA) is 142 Å². The van der Waals surface area contributed by atoms with Crippen LogP contribution in [0.2, 0.25) is 0 Å². The molecule has 1 fully saturated rings. The summed E-state index contributed by atoms with van der Waals surface area (Å²) in [5.41, 5.74) is -0.724. The fourth-order valence-electron chi connectivity index (χ4n) is 5.04. The van der Waals surface area contributed by atoms with Gasteiger partial charge in [-0.1, -0.05) is 6.92 Å². The van der Waals surface area contributed by atoms with E-state index in [1.165, 1.54) is 17.7 Å². The highest BCUT2D eigenvalue weighted by molar-refractivity contribution is 7.44. The smallest absolute Gasteiger partial charge is 0.330 e. The van der Waals surface area contributed by atoms with Crippen molar-refractivity contribution in [2.75, 3.05) is 46.9 Å².